The van der Waals surface area contributed by atoms with Gasteiger partial charge in [0.15, 0.2) is 0 Å². The summed E-state index contributed by atoms with van der Waals surface area (Å²) in [5.74, 6) is 2.68. The fourth-order valence-corrected chi connectivity index (χ4v) is 5.09. The molecule has 0 heterocycles. The second kappa shape index (κ2) is 15.2. The number of ether oxygens (including phenoxy) is 2. The number of benzene rings is 2. The number of aryl methyl sites for hydroxylation is 2. The fraction of sp³-hybridized carbons (Fsp3) is 0.500. The number of rotatable bonds is 11. The zero-order valence-corrected chi connectivity index (χ0v) is 23.5. The zero-order valence-electron chi connectivity index (χ0n) is 23.5. The lowest BCUT2D eigenvalue weighted by atomic mass is 9.97. The lowest BCUT2D eigenvalue weighted by Crippen LogP contribution is -2.24. The molecule has 0 spiro atoms. The average Bonchev–Trinajstić information content (AvgIpc) is 3.52. The van der Waals surface area contributed by atoms with Gasteiger partial charge in [-0.1, -0.05) is 32.1 Å². The van der Waals surface area contributed by atoms with Crippen molar-refractivity contribution in [3.63, 3.8) is 0 Å². The maximum Gasteiger partial charge on any atom is 0.219 e. The number of amides is 2. The molecule has 0 unspecified atom stereocenters. The van der Waals surface area contributed by atoms with Crippen LogP contribution in [0.4, 0.5) is 0 Å². The van der Waals surface area contributed by atoms with Gasteiger partial charge in [-0.15, -0.1) is 0 Å². The predicted molar refractivity (Wildman–Crippen MR) is 154 cm³/mol. The molecular weight excluding hydrogens is 476 g/mol. The van der Waals surface area contributed by atoms with Gasteiger partial charge < -0.3 is 20.1 Å². The minimum atomic E-state index is 0.0955. The van der Waals surface area contributed by atoms with Crippen molar-refractivity contribution >= 4 is 17.4 Å². The van der Waals surface area contributed by atoms with Crippen LogP contribution in [0.25, 0.3) is 5.57 Å². The number of allylic oxidation sites excluding steroid dienone is 1. The first kappa shape index (κ1) is 29.3. The molecule has 0 saturated heterocycles. The quantitative estimate of drug-likeness (QED) is 0.383. The molecule has 2 aliphatic carbocycles. The Hall–Kier alpha value is -3.28. The Kier molecular flexibility index (Phi) is 11.7. The molecule has 0 aromatic heterocycles. The van der Waals surface area contributed by atoms with E-state index in [0.717, 1.165) is 43.7 Å². The Balaban J connectivity index is 0.000000211. The summed E-state index contributed by atoms with van der Waals surface area (Å²) in [7, 11) is 0. The SMILES string of the molecule is CCOc1ccc2c(c1)/C(=C/CNC(=O)CC)CC2.CCOc1ccc2c(c1)[C@H](CCNC(=O)CC)CC2. The first-order valence-electron chi connectivity index (χ1n) is 14.2. The average molecular weight is 521 g/mol. The van der Waals surface area contributed by atoms with Crippen LogP contribution < -0.4 is 20.1 Å². The van der Waals surface area contributed by atoms with E-state index >= 15 is 0 Å². The number of carbonyl (C=O) groups is 2. The molecule has 0 saturated carbocycles. The van der Waals surface area contributed by atoms with Crippen molar-refractivity contribution in [2.45, 2.75) is 78.6 Å². The molecule has 6 nitrogen and oxygen atoms in total. The highest BCUT2D eigenvalue weighted by atomic mass is 16.5. The molecule has 4 rings (SSSR count). The smallest absolute Gasteiger partial charge is 0.219 e. The van der Waals surface area contributed by atoms with Crippen molar-refractivity contribution in [2.75, 3.05) is 26.3 Å². The van der Waals surface area contributed by atoms with Crippen LogP contribution in [0.3, 0.4) is 0 Å². The monoisotopic (exact) mass is 520 g/mol. The molecule has 0 aliphatic heterocycles. The number of nitrogens with one attached hydrogen (secondary N) is 2. The van der Waals surface area contributed by atoms with Crippen molar-refractivity contribution in [1.29, 1.82) is 0 Å². The molecule has 2 aliphatic rings. The lowest BCUT2D eigenvalue weighted by Gasteiger charge is -2.13. The van der Waals surface area contributed by atoms with E-state index in [1.165, 1.54) is 34.2 Å². The molecule has 2 N–H and O–H groups in total. The normalized spacial score (nSPS) is 16.2. The fourth-order valence-electron chi connectivity index (χ4n) is 5.09. The minimum Gasteiger partial charge on any atom is -0.494 e. The van der Waals surface area contributed by atoms with E-state index in [1.807, 2.05) is 33.8 Å². The second-order valence-electron chi connectivity index (χ2n) is 9.66. The van der Waals surface area contributed by atoms with Crippen molar-refractivity contribution in [3.05, 3.63) is 64.7 Å². The second-order valence-corrected chi connectivity index (χ2v) is 9.66. The number of fused-ring (bicyclic) bond motifs is 2. The van der Waals surface area contributed by atoms with Gasteiger partial charge in [-0.3, -0.25) is 9.59 Å². The first-order chi connectivity index (χ1) is 18.5. The Morgan fingerprint density at radius 3 is 2.18 bits per heavy atom. The van der Waals surface area contributed by atoms with E-state index in [9.17, 15) is 9.59 Å². The summed E-state index contributed by atoms with van der Waals surface area (Å²) >= 11 is 0. The number of hydrogen-bond donors (Lipinski definition) is 2. The van der Waals surface area contributed by atoms with E-state index in [-0.39, 0.29) is 11.8 Å². The van der Waals surface area contributed by atoms with Gasteiger partial charge in [0.2, 0.25) is 11.8 Å². The van der Waals surface area contributed by atoms with Gasteiger partial charge in [0.1, 0.15) is 11.5 Å². The van der Waals surface area contributed by atoms with Crippen LogP contribution in [-0.4, -0.2) is 38.1 Å². The molecule has 0 bridgehead atoms. The maximum absolute atomic E-state index is 11.2. The van der Waals surface area contributed by atoms with Gasteiger partial charge in [-0.25, -0.2) is 0 Å². The van der Waals surface area contributed by atoms with E-state index in [0.29, 0.717) is 38.5 Å². The van der Waals surface area contributed by atoms with Gasteiger partial charge in [0, 0.05) is 25.9 Å². The van der Waals surface area contributed by atoms with Crippen LogP contribution in [0.15, 0.2) is 42.5 Å². The Bertz CT molecular complexity index is 1110. The highest BCUT2D eigenvalue weighted by Gasteiger charge is 2.22. The molecule has 1 atom stereocenters. The summed E-state index contributed by atoms with van der Waals surface area (Å²) in [5.41, 5.74) is 6.81. The molecular formula is C32H44N2O4. The van der Waals surface area contributed by atoms with Gasteiger partial charge in [0.05, 0.1) is 13.2 Å². The highest BCUT2D eigenvalue weighted by Crippen LogP contribution is 2.37. The third-order valence-electron chi connectivity index (χ3n) is 7.14. The number of carbonyl (C=O) groups excluding carboxylic acids is 2. The van der Waals surface area contributed by atoms with Crippen LogP contribution in [-0.2, 0) is 22.4 Å². The summed E-state index contributed by atoms with van der Waals surface area (Å²) in [4.78, 5) is 22.4. The van der Waals surface area contributed by atoms with Crippen LogP contribution in [0.5, 0.6) is 11.5 Å². The lowest BCUT2D eigenvalue weighted by molar-refractivity contribution is -0.121. The van der Waals surface area contributed by atoms with E-state index < -0.39 is 0 Å². The highest BCUT2D eigenvalue weighted by molar-refractivity contribution is 5.77. The van der Waals surface area contributed by atoms with Crippen LogP contribution in [0.1, 0.15) is 88.0 Å². The molecule has 206 valence electrons. The van der Waals surface area contributed by atoms with Gasteiger partial charge in [-0.2, -0.15) is 0 Å². The molecule has 0 radical (unpaired) electrons. The van der Waals surface area contributed by atoms with E-state index in [4.69, 9.17) is 9.47 Å². The predicted octanol–water partition coefficient (Wildman–Crippen LogP) is 5.97. The van der Waals surface area contributed by atoms with Gasteiger partial charge in [-0.05, 0) is 104 Å². The van der Waals surface area contributed by atoms with Crippen LogP contribution in [0.2, 0.25) is 0 Å². The van der Waals surface area contributed by atoms with Crippen molar-refractivity contribution in [1.82, 2.24) is 10.6 Å². The van der Waals surface area contributed by atoms with Crippen LogP contribution >= 0.6 is 0 Å². The minimum absolute atomic E-state index is 0.0955. The van der Waals surface area contributed by atoms with Crippen molar-refractivity contribution in [3.8, 4) is 11.5 Å². The summed E-state index contributed by atoms with van der Waals surface area (Å²) in [6.45, 7) is 10.5. The largest absolute Gasteiger partial charge is 0.494 e. The third-order valence-corrected chi connectivity index (χ3v) is 7.14. The van der Waals surface area contributed by atoms with Gasteiger partial charge >= 0.3 is 0 Å². The number of hydrogen-bond acceptors (Lipinski definition) is 4. The van der Waals surface area contributed by atoms with Crippen LogP contribution in [0, 0.1) is 0 Å². The third kappa shape index (κ3) is 8.37. The summed E-state index contributed by atoms with van der Waals surface area (Å²) in [6.07, 6.45) is 8.71. The molecule has 2 aromatic carbocycles. The van der Waals surface area contributed by atoms with Crippen molar-refractivity contribution in [2.24, 2.45) is 0 Å². The molecule has 2 amide bonds. The molecule has 0 fully saturated rings. The Morgan fingerprint density at radius 2 is 1.50 bits per heavy atom. The zero-order chi connectivity index (χ0) is 27.3. The summed E-state index contributed by atoms with van der Waals surface area (Å²) < 4.78 is 11.1. The van der Waals surface area contributed by atoms with Crippen molar-refractivity contribution < 1.29 is 19.1 Å². The molecule has 2 aromatic rings. The van der Waals surface area contributed by atoms with Gasteiger partial charge in [0.25, 0.3) is 0 Å². The summed E-state index contributed by atoms with van der Waals surface area (Å²) in [5, 5.41) is 5.84. The Morgan fingerprint density at radius 1 is 0.842 bits per heavy atom. The maximum atomic E-state index is 11.2. The molecule has 38 heavy (non-hydrogen) atoms. The first-order valence-corrected chi connectivity index (χ1v) is 14.2. The Labute approximate surface area is 228 Å². The molecule has 6 heteroatoms. The topological polar surface area (TPSA) is 76.7 Å². The van der Waals surface area contributed by atoms with E-state index in [1.54, 1.807) is 0 Å². The standard InChI is InChI=1S/C16H23NO2.C16H21NO2/c2*1-3-16(18)17-10-9-13-6-5-12-7-8-14(19-4-2)11-15(12)13/h7-8,11,13H,3-6,9-10H2,1-2H3,(H,17,18);7-9,11H,3-6,10H2,1-2H3,(H,17,18)/b;13-9+/t13-;/m0./s1. The summed E-state index contributed by atoms with van der Waals surface area (Å²) in [6, 6.07) is 12.7. The van der Waals surface area contributed by atoms with E-state index in [2.05, 4.69) is 47.0 Å².